The first-order valence-corrected chi connectivity index (χ1v) is 17.2. The monoisotopic (exact) mass is 652 g/mol. The van der Waals surface area contributed by atoms with E-state index in [2.05, 4.69) is 65.2 Å². The van der Waals surface area contributed by atoms with Crippen molar-refractivity contribution in [2.75, 3.05) is 55.6 Å². The number of benzene rings is 2. The summed E-state index contributed by atoms with van der Waals surface area (Å²) in [7, 11) is 0. The van der Waals surface area contributed by atoms with Gasteiger partial charge in [0.1, 0.15) is 6.04 Å². The highest BCUT2D eigenvalue weighted by atomic mass is 16.2. The summed E-state index contributed by atoms with van der Waals surface area (Å²) in [6, 6.07) is 12.6. The van der Waals surface area contributed by atoms with Crippen LogP contribution in [0.1, 0.15) is 78.0 Å². The molecule has 8 rings (SSSR count). The van der Waals surface area contributed by atoms with Crippen LogP contribution in [0.4, 0.5) is 11.4 Å². The predicted molar refractivity (Wildman–Crippen MR) is 180 cm³/mol. The van der Waals surface area contributed by atoms with Gasteiger partial charge in [0.25, 0.3) is 17.7 Å². The third-order valence-electron chi connectivity index (χ3n) is 11.7. The van der Waals surface area contributed by atoms with Gasteiger partial charge in [0.2, 0.25) is 11.8 Å². The number of anilines is 2. The number of imide groups is 2. The number of fused-ring (bicyclic) bond motifs is 1. The highest BCUT2D eigenvalue weighted by Crippen LogP contribution is 2.53. The quantitative estimate of drug-likeness (QED) is 0.438. The number of likely N-dealkylation sites (tertiary alicyclic amines) is 1. The molecule has 2 aromatic rings. The van der Waals surface area contributed by atoms with E-state index < -0.39 is 23.8 Å². The Kier molecular flexibility index (Phi) is 6.87. The van der Waals surface area contributed by atoms with Gasteiger partial charge in [0.15, 0.2) is 0 Å². The molecule has 1 saturated carbocycles. The van der Waals surface area contributed by atoms with E-state index in [1.807, 2.05) is 18.2 Å². The first-order valence-electron chi connectivity index (χ1n) is 17.2. The van der Waals surface area contributed by atoms with Crippen molar-refractivity contribution in [2.24, 2.45) is 22.2 Å². The molecule has 0 radical (unpaired) electrons. The molecule has 5 amide bonds. The Hall–Kier alpha value is -4.25. The van der Waals surface area contributed by atoms with Crippen LogP contribution in [-0.2, 0) is 9.59 Å². The first-order chi connectivity index (χ1) is 22.7. The second-order valence-corrected chi connectivity index (χ2v) is 16.6. The average molecular weight is 653 g/mol. The number of nitrogens with one attached hydrogen (secondary N) is 2. The van der Waals surface area contributed by atoms with Crippen LogP contribution in [-0.4, -0.2) is 97.2 Å². The van der Waals surface area contributed by atoms with Gasteiger partial charge in [0.05, 0.1) is 11.1 Å². The van der Waals surface area contributed by atoms with Crippen molar-refractivity contribution in [1.82, 2.24) is 20.4 Å². The molecule has 5 heterocycles. The maximum absolute atomic E-state index is 13.2. The van der Waals surface area contributed by atoms with Crippen LogP contribution < -0.4 is 20.4 Å². The fraction of sp³-hybridized carbons (Fsp3) is 0.541. The van der Waals surface area contributed by atoms with Gasteiger partial charge >= 0.3 is 0 Å². The molecule has 1 aliphatic carbocycles. The van der Waals surface area contributed by atoms with Gasteiger partial charge in [-0.2, -0.15) is 0 Å². The van der Waals surface area contributed by atoms with Crippen molar-refractivity contribution < 1.29 is 24.0 Å². The number of amides is 5. The van der Waals surface area contributed by atoms with Crippen LogP contribution in [0.15, 0.2) is 42.5 Å². The fourth-order valence-corrected chi connectivity index (χ4v) is 9.83. The molecule has 0 aromatic heterocycles. The fourth-order valence-electron chi connectivity index (χ4n) is 9.83. The highest BCUT2D eigenvalue weighted by molar-refractivity contribution is 6.23. The van der Waals surface area contributed by atoms with E-state index in [1.54, 1.807) is 12.1 Å². The Morgan fingerprint density at radius 1 is 0.833 bits per heavy atom. The maximum Gasteiger partial charge on any atom is 0.262 e. The van der Waals surface area contributed by atoms with Crippen molar-refractivity contribution in [3.05, 3.63) is 59.2 Å². The Balaban J connectivity index is 0.789. The van der Waals surface area contributed by atoms with Gasteiger partial charge in [0, 0.05) is 86.5 Å². The number of carbonyl (C=O) groups is 5. The molecule has 2 aromatic carbocycles. The van der Waals surface area contributed by atoms with Gasteiger partial charge in [-0.1, -0.05) is 27.7 Å². The summed E-state index contributed by atoms with van der Waals surface area (Å²) >= 11 is 0. The molecule has 1 atom stereocenters. The highest BCUT2D eigenvalue weighted by Gasteiger charge is 2.54. The lowest BCUT2D eigenvalue weighted by atomic mass is 9.52. The summed E-state index contributed by atoms with van der Waals surface area (Å²) in [5.41, 5.74) is 4.02. The number of rotatable bonds is 7. The van der Waals surface area contributed by atoms with Crippen LogP contribution in [0, 0.1) is 22.2 Å². The maximum atomic E-state index is 13.2. The lowest BCUT2D eigenvalue weighted by Gasteiger charge is -2.62. The molecule has 48 heavy (non-hydrogen) atoms. The van der Waals surface area contributed by atoms with Gasteiger partial charge in [-0.25, -0.2) is 0 Å². The van der Waals surface area contributed by atoms with Crippen molar-refractivity contribution >= 4 is 40.9 Å². The van der Waals surface area contributed by atoms with Crippen LogP contribution >= 0.6 is 0 Å². The Bertz CT molecular complexity index is 1720. The topological polar surface area (TPSA) is 122 Å². The van der Waals surface area contributed by atoms with E-state index in [9.17, 15) is 24.0 Å². The van der Waals surface area contributed by atoms with E-state index in [0.717, 1.165) is 62.8 Å². The zero-order valence-corrected chi connectivity index (χ0v) is 28.2. The molecule has 11 nitrogen and oxygen atoms in total. The molecule has 1 unspecified atom stereocenters. The molecule has 11 heteroatoms. The molecule has 1 spiro atoms. The largest absolute Gasteiger partial charge is 0.371 e. The second kappa shape index (κ2) is 10.6. The zero-order chi connectivity index (χ0) is 33.7. The standard InChI is InChI=1S/C37H44N6O5/c1-35(2)17-36(3,4)34(35)39-30(45)23-5-7-24(8-6-23)42-20-37(21-42)18-40(19-37)14-22-15-41(16-22)25-9-10-26-27(13-25)33(48)43(32(26)47)28-11-12-29(44)38-31(28)46/h5-10,13,22,28,34H,11-12,14-21H2,1-4H3,(H,39,45)(H,38,44,46). The van der Waals surface area contributed by atoms with Gasteiger partial charge < -0.3 is 20.0 Å². The summed E-state index contributed by atoms with van der Waals surface area (Å²) in [6.07, 6.45) is 1.36. The number of hydrogen-bond acceptors (Lipinski definition) is 8. The summed E-state index contributed by atoms with van der Waals surface area (Å²) < 4.78 is 0. The Morgan fingerprint density at radius 2 is 1.48 bits per heavy atom. The van der Waals surface area contributed by atoms with Crippen molar-refractivity contribution in [2.45, 2.75) is 59.0 Å². The van der Waals surface area contributed by atoms with Crippen LogP contribution in [0.25, 0.3) is 0 Å². The number of hydrogen-bond donors (Lipinski definition) is 2. The Labute approximate surface area is 281 Å². The minimum absolute atomic E-state index is 0.00728. The normalized spacial score (nSPS) is 26.0. The predicted octanol–water partition coefficient (Wildman–Crippen LogP) is 2.90. The number of nitrogens with zero attached hydrogens (tertiary/aromatic N) is 4. The van der Waals surface area contributed by atoms with E-state index in [-0.39, 0.29) is 41.5 Å². The van der Waals surface area contributed by atoms with Crippen molar-refractivity contribution in [1.29, 1.82) is 0 Å². The van der Waals surface area contributed by atoms with Gasteiger partial charge in [-0.15, -0.1) is 0 Å². The minimum atomic E-state index is -0.953. The lowest BCUT2D eigenvalue weighted by Crippen LogP contribution is -2.73. The van der Waals surface area contributed by atoms with E-state index in [1.165, 1.54) is 5.69 Å². The summed E-state index contributed by atoms with van der Waals surface area (Å²) in [5.74, 6) is -1.38. The van der Waals surface area contributed by atoms with E-state index in [0.29, 0.717) is 28.0 Å². The van der Waals surface area contributed by atoms with Gasteiger partial charge in [-0.05, 0) is 66.1 Å². The molecule has 2 N–H and O–H groups in total. The molecular formula is C37H44N6O5. The van der Waals surface area contributed by atoms with Crippen molar-refractivity contribution in [3.63, 3.8) is 0 Å². The average Bonchev–Trinajstić information content (AvgIpc) is 3.21. The molecular weight excluding hydrogens is 608 g/mol. The first kappa shape index (κ1) is 31.0. The third-order valence-corrected chi connectivity index (χ3v) is 11.7. The van der Waals surface area contributed by atoms with Gasteiger partial charge in [-0.3, -0.25) is 34.2 Å². The summed E-state index contributed by atoms with van der Waals surface area (Å²) in [6.45, 7) is 16.0. The number of piperidine rings is 1. The van der Waals surface area contributed by atoms with E-state index >= 15 is 0 Å². The number of carbonyl (C=O) groups excluding carboxylic acids is 5. The molecule has 5 aliphatic heterocycles. The summed E-state index contributed by atoms with van der Waals surface area (Å²) in [4.78, 5) is 71.3. The molecule has 6 aliphatic rings. The second-order valence-electron chi connectivity index (χ2n) is 16.6. The minimum Gasteiger partial charge on any atom is -0.371 e. The SMILES string of the molecule is CC1(C)CC(C)(C)C1NC(=O)c1ccc(N2CC3(CN(CC4CN(c5ccc6c(c5)C(=O)N(C5CCC(=O)NC5=O)C6=O)C4)C3)C2)cc1. The Morgan fingerprint density at radius 3 is 2.12 bits per heavy atom. The lowest BCUT2D eigenvalue weighted by molar-refractivity contribution is -0.136. The van der Waals surface area contributed by atoms with Crippen molar-refractivity contribution in [3.8, 4) is 0 Å². The molecule has 4 saturated heterocycles. The van der Waals surface area contributed by atoms with Crippen LogP contribution in [0.2, 0.25) is 0 Å². The smallest absolute Gasteiger partial charge is 0.262 e. The zero-order valence-electron chi connectivity index (χ0n) is 28.2. The van der Waals surface area contributed by atoms with Crippen LogP contribution in [0.3, 0.4) is 0 Å². The molecule has 5 fully saturated rings. The van der Waals surface area contributed by atoms with E-state index in [4.69, 9.17) is 0 Å². The molecule has 0 bridgehead atoms. The molecule has 252 valence electrons. The third kappa shape index (κ3) is 5.00. The summed E-state index contributed by atoms with van der Waals surface area (Å²) in [5, 5.41) is 5.52. The van der Waals surface area contributed by atoms with Crippen LogP contribution in [0.5, 0.6) is 0 Å².